The van der Waals surface area contributed by atoms with E-state index in [0.717, 1.165) is 23.4 Å². The zero-order chi connectivity index (χ0) is 14.4. The number of oxime groups is 1. The van der Waals surface area contributed by atoms with Gasteiger partial charge in [-0.2, -0.15) is 0 Å². The van der Waals surface area contributed by atoms with Gasteiger partial charge in [-0.05, 0) is 32.9 Å². The first-order valence-corrected chi connectivity index (χ1v) is 6.37. The van der Waals surface area contributed by atoms with Crippen LogP contribution in [-0.4, -0.2) is 37.3 Å². The Morgan fingerprint density at radius 2 is 2.16 bits per heavy atom. The molecule has 0 radical (unpaired) electrons. The van der Waals surface area contributed by atoms with E-state index in [2.05, 4.69) is 5.16 Å². The second-order valence-electron chi connectivity index (χ2n) is 4.85. The quantitative estimate of drug-likeness (QED) is 0.357. The molecule has 0 saturated heterocycles. The van der Waals surface area contributed by atoms with E-state index in [1.807, 2.05) is 50.9 Å². The highest BCUT2D eigenvalue weighted by atomic mass is 16.5. The molecule has 1 aromatic carbocycles. The molecule has 106 valence electrons. The van der Waals surface area contributed by atoms with Crippen molar-refractivity contribution in [1.82, 2.24) is 0 Å². The molecule has 0 unspecified atom stereocenters. The summed E-state index contributed by atoms with van der Waals surface area (Å²) in [5.74, 6) is 0.121. The molecule has 1 rings (SSSR count). The molecule has 0 aromatic heterocycles. The fourth-order valence-electron chi connectivity index (χ4n) is 1.79. The number of nitrogens with zero attached hydrogens (tertiary/aromatic N) is 2. The zero-order valence-electron chi connectivity index (χ0n) is 12.1. The summed E-state index contributed by atoms with van der Waals surface area (Å²) in [4.78, 5) is 2.04. The van der Waals surface area contributed by atoms with Gasteiger partial charge in [0.05, 0.1) is 12.7 Å². The first kappa shape index (κ1) is 15.3. The zero-order valence-corrected chi connectivity index (χ0v) is 12.1. The van der Waals surface area contributed by atoms with Crippen molar-refractivity contribution in [2.45, 2.75) is 26.9 Å². The van der Waals surface area contributed by atoms with E-state index in [9.17, 15) is 0 Å². The largest absolute Gasteiger partial charge is 0.409 e. The summed E-state index contributed by atoms with van der Waals surface area (Å²) in [6.45, 7) is 7.37. The first-order valence-electron chi connectivity index (χ1n) is 6.37. The summed E-state index contributed by atoms with van der Waals surface area (Å²) in [7, 11) is 1.96. The molecule has 0 fully saturated rings. The highest BCUT2D eigenvalue weighted by Crippen LogP contribution is 2.20. The van der Waals surface area contributed by atoms with E-state index in [1.165, 1.54) is 0 Å². The number of amidine groups is 1. The molecule has 0 aliphatic heterocycles. The molecule has 0 spiro atoms. The van der Waals surface area contributed by atoms with Crippen LogP contribution in [0.5, 0.6) is 0 Å². The van der Waals surface area contributed by atoms with E-state index < -0.39 is 0 Å². The van der Waals surface area contributed by atoms with Gasteiger partial charge in [-0.1, -0.05) is 16.8 Å². The van der Waals surface area contributed by atoms with Gasteiger partial charge in [-0.15, -0.1) is 0 Å². The van der Waals surface area contributed by atoms with Crippen LogP contribution in [0, 0.1) is 6.92 Å². The molecule has 0 aliphatic carbocycles. The number of benzene rings is 1. The number of rotatable bonds is 6. The fraction of sp³-hybridized carbons (Fsp3) is 0.500. The molecule has 0 heterocycles. The van der Waals surface area contributed by atoms with Crippen LogP contribution in [0.25, 0.3) is 0 Å². The minimum atomic E-state index is 0.121. The van der Waals surface area contributed by atoms with Crippen LogP contribution in [-0.2, 0) is 4.74 Å². The van der Waals surface area contributed by atoms with Gasteiger partial charge in [0.15, 0.2) is 5.84 Å². The van der Waals surface area contributed by atoms with Crippen LogP contribution in [0.3, 0.4) is 0 Å². The van der Waals surface area contributed by atoms with Crippen LogP contribution in [0.15, 0.2) is 23.4 Å². The maximum absolute atomic E-state index is 8.85. The predicted octanol–water partition coefficient (Wildman–Crippen LogP) is 1.95. The van der Waals surface area contributed by atoms with E-state index >= 15 is 0 Å². The molecule has 1 aromatic rings. The molecular formula is C14H23N3O2. The molecular weight excluding hydrogens is 242 g/mol. The average Bonchev–Trinajstić information content (AvgIpc) is 2.37. The third-order valence-electron chi connectivity index (χ3n) is 2.82. The predicted molar refractivity (Wildman–Crippen MR) is 78.0 cm³/mol. The number of nitrogens with two attached hydrogens (primary N) is 1. The number of likely N-dealkylation sites (N-methyl/N-ethyl adjacent to an activating group) is 1. The number of anilines is 1. The highest BCUT2D eigenvalue weighted by molar-refractivity contribution is 6.02. The number of hydrogen-bond acceptors (Lipinski definition) is 4. The lowest BCUT2D eigenvalue weighted by Gasteiger charge is -2.23. The fourth-order valence-corrected chi connectivity index (χ4v) is 1.79. The summed E-state index contributed by atoms with van der Waals surface area (Å²) < 4.78 is 5.53. The maximum atomic E-state index is 8.85. The summed E-state index contributed by atoms with van der Waals surface area (Å²) >= 11 is 0. The SMILES string of the molecule is Cc1ccc(N(C)CCOC(C)C)c(/C(N)=N/O)c1. The molecule has 19 heavy (non-hydrogen) atoms. The van der Waals surface area contributed by atoms with Crippen molar-refractivity contribution in [3.8, 4) is 0 Å². The Kier molecular flexibility index (Phi) is 5.63. The van der Waals surface area contributed by atoms with Crippen LogP contribution in [0.4, 0.5) is 5.69 Å². The normalized spacial score (nSPS) is 11.9. The average molecular weight is 265 g/mol. The number of aryl methyl sites for hydroxylation is 1. The third kappa shape index (κ3) is 4.44. The van der Waals surface area contributed by atoms with E-state index in [0.29, 0.717) is 6.61 Å². The Labute approximate surface area is 114 Å². The second kappa shape index (κ2) is 6.99. The van der Waals surface area contributed by atoms with Gasteiger partial charge >= 0.3 is 0 Å². The van der Waals surface area contributed by atoms with Crippen LogP contribution in [0.2, 0.25) is 0 Å². The van der Waals surface area contributed by atoms with Crippen LogP contribution in [0.1, 0.15) is 25.0 Å². The minimum Gasteiger partial charge on any atom is -0.409 e. The van der Waals surface area contributed by atoms with Gasteiger partial charge in [0.25, 0.3) is 0 Å². The number of hydrogen-bond donors (Lipinski definition) is 2. The topological polar surface area (TPSA) is 71.1 Å². The van der Waals surface area contributed by atoms with Crippen LogP contribution >= 0.6 is 0 Å². The maximum Gasteiger partial charge on any atom is 0.172 e. The monoisotopic (exact) mass is 265 g/mol. The van der Waals surface area contributed by atoms with Crippen molar-refractivity contribution in [1.29, 1.82) is 0 Å². The Morgan fingerprint density at radius 3 is 2.74 bits per heavy atom. The molecule has 0 atom stereocenters. The van der Waals surface area contributed by atoms with E-state index in [-0.39, 0.29) is 11.9 Å². The lowest BCUT2D eigenvalue weighted by molar-refractivity contribution is 0.0846. The van der Waals surface area contributed by atoms with E-state index in [1.54, 1.807) is 0 Å². The van der Waals surface area contributed by atoms with Gasteiger partial charge in [-0.25, -0.2) is 0 Å². The van der Waals surface area contributed by atoms with Crippen molar-refractivity contribution in [3.05, 3.63) is 29.3 Å². The van der Waals surface area contributed by atoms with Crippen molar-refractivity contribution < 1.29 is 9.94 Å². The van der Waals surface area contributed by atoms with Gasteiger partial charge in [0.2, 0.25) is 0 Å². The molecule has 3 N–H and O–H groups in total. The highest BCUT2D eigenvalue weighted by Gasteiger charge is 2.11. The van der Waals surface area contributed by atoms with Crippen molar-refractivity contribution in [2.75, 3.05) is 25.1 Å². The lowest BCUT2D eigenvalue weighted by atomic mass is 10.1. The molecule has 0 bridgehead atoms. The molecule has 0 amide bonds. The standard InChI is InChI=1S/C14H23N3O2/c1-10(2)19-8-7-17(4)13-6-5-11(3)9-12(13)14(15)16-18/h5-6,9-10,18H,7-8H2,1-4H3,(H2,15,16). The van der Waals surface area contributed by atoms with Gasteiger partial charge in [-0.3, -0.25) is 0 Å². The Hall–Kier alpha value is -1.75. The first-order chi connectivity index (χ1) is 8.95. The van der Waals surface area contributed by atoms with Gasteiger partial charge in [0.1, 0.15) is 0 Å². The summed E-state index contributed by atoms with van der Waals surface area (Å²) in [6, 6.07) is 5.88. The van der Waals surface area contributed by atoms with Crippen molar-refractivity contribution in [2.24, 2.45) is 10.9 Å². The number of ether oxygens (including phenoxy) is 1. The van der Waals surface area contributed by atoms with Crippen LogP contribution < -0.4 is 10.6 Å². The Morgan fingerprint density at radius 1 is 1.47 bits per heavy atom. The summed E-state index contributed by atoms with van der Waals surface area (Å²) in [5.41, 5.74) is 8.44. The third-order valence-corrected chi connectivity index (χ3v) is 2.82. The van der Waals surface area contributed by atoms with Crippen molar-refractivity contribution >= 4 is 11.5 Å². The molecule has 5 heteroatoms. The Bertz CT molecular complexity index is 444. The summed E-state index contributed by atoms with van der Waals surface area (Å²) in [5, 5.41) is 11.9. The Balaban J connectivity index is 2.87. The van der Waals surface area contributed by atoms with Gasteiger partial charge < -0.3 is 20.6 Å². The molecule has 0 saturated carbocycles. The smallest absolute Gasteiger partial charge is 0.172 e. The minimum absolute atomic E-state index is 0.121. The second-order valence-corrected chi connectivity index (χ2v) is 4.85. The molecule has 5 nitrogen and oxygen atoms in total. The van der Waals surface area contributed by atoms with E-state index in [4.69, 9.17) is 15.7 Å². The van der Waals surface area contributed by atoms with Gasteiger partial charge in [0, 0.05) is 24.8 Å². The summed E-state index contributed by atoms with van der Waals surface area (Å²) in [6.07, 6.45) is 0.218. The molecule has 0 aliphatic rings. The lowest BCUT2D eigenvalue weighted by Crippen LogP contribution is -2.27. The van der Waals surface area contributed by atoms with Crippen molar-refractivity contribution in [3.63, 3.8) is 0 Å².